The summed E-state index contributed by atoms with van der Waals surface area (Å²) in [5.74, 6) is 0. The van der Waals surface area contributed by atoms with Gasteiger partial charge in [-0.2, -0.15) is 0 Å². The van der Waals surface area contributed by atoms with Gasteiger partial charge in [0.2, 0.25) is 0 Å². The van der Waals surface area contributed by atoms with Crippen molar-refractivity contribution in [2.75, 3.05) is 6.61 Å². The van der Waals surface area contributed by atoms with E-state index in [1.165, 1.54) is 0 Å². The molecule has 4 nitrogen and oxygen atoms in total. The van der Waals surface area contributed by atoms with E-state index in [1.54, 1.807) is 0 Å². The minimum Gasteiger partial charge on any atom is -0.416 e. The van der Waals surface area contributed by atoms with E-state index in [-0.39, 0.29) is 28.8 Å². The molecule has 0 saturated carbocycles. The maximum absolute atomic E-state index is 6.45. The van der Waals surface area contributed by atoms with Crippen LogP contribution in [0.15, 0.2) is 18.3 Å². The maximum atomic E-state index is 6.45. The first-order chi connectivity index (χ1) is 12.0. The van der Waals surface area contributed by atoms with Crippen molar-refractivity contribution in [2.45, 2.75) is 97.1 Å². The average molecular weight is 391 g/mol. The van der Waals surface area contributed by atoms with Gasteiger partial charge < -0.3 is 13.7 Å². The molecule has 152 valence electrons. The fraction of sp³-hybridized carbons (Fsp3) is 0.762. The van der Waals surface area contributed by atoms with Crippen molar-refractivity contribution in [2.24, 2.45) is 0 Å². The Bertz CT molecular complexity index is 647. The Balaban J connectivity index is 2.10. The summed E-state index contributed by atoms with van der Waals surface area (Å²) in [6, 6.07) is 4.15. The summed E-state index contributed by atoms with van der Waals surface area (Å²) in [5.41, 5.74) is 1.16. The zero-order valence-corrected chi connectivity index (χ0v) is 20.2. The molecule has 0 aromatic carbocycles. The van der Waals surface area contributed by atoms with Gasteiger partial charge in [0.05, 0.1) is 11.2 Å². The van der Waals surface area contributed by atoms with Crippen LogP contribution in [0.25, 0.3) is 0 Å². The molecule has 27 heavy (non-hydrogen) atoms. The van der Waals surface area contributed by atoms with Gasteiger partial charge in [-0.1, -0.05) is 40.7 Å². The Morgan fingerprint density at radius 3 is 1.93 bits per heavy atom. The highest BCUT2D eigenvalue weighted by Gasteiger charge is 2.51. The average Bonchev–Trinajstić information content (AvgIpc) is 2.73. The molecule has 0 radical (unpaired) electrons. The smallest absolute Gasteiger partial charge is 0.416 e. The summed E-state index contributed by atoms with van der Waals surface area (Å²) in [5, 5.41) is 0.205. The van der Waals surface area contributed by atoms with Crippen LogP contribution in [-0.4, -0.2) is 38.2 Å². The number of nitrogens with zero attached hydrogens (tertiary/aromatic N) is 1. The first kappa shape index (κ1) is 22.6. The van der Waals surface area contributed by atoms with Gasteiger partial charge in [-0.3, -0.25) is 4.98 Å². The summed E-state index contributed by atoms with van der Waals surface area (Å²) in [6.07, 6.45) is 1.88. The number of aromatic nitrogens is 1. The molecule has 0 N–H and O–H groups in total. The topological polar surface area (TPSA) is 40.6 Å². The van der Waals surface area contributed by atoms with Crippen LogP contribution in [0.2, 0.25) is 18.1 Å². The van der Waals surface area contributed by atoms with Crippen molar-refractivity contribution < 1.29 is 13.7 Å². The Morgan fingerprint density at radius 2 is 1.52 bits per heavy atom. The highest BCUT2D eigenvalue weighted by Crippen LogP contribution is 2.38. The molecule has 0 bridgehead atoms. The highest BCUT2D eigenvalue weighted by atomic mass is 28.4. The molecule has 1 aliphatic rings. The largest absolute Gasteiger partial charge is 0.496 e. The van der Waals surface area contributed by atoms with E-state index in [0.29, 0.717) is 6.61 Å². The van der Waals surface area contributed by atoms with Gasteiger partial charge in [0.25, 0.3) is 0 Å². The molecule has 0 amide bonds. The highest BCUT2D eigenvalue weighted by molar-refractivity contribution is 6.74. The molecule has 1 aromatic rings. The lowest BCUT2D eigenvalue weighted by Crippen LogP contribution is -2.44. The quantitative estimate of drug-likeness (QED) is 0.684. The summed E-state index contributed by atoms with van der Waals surface area (Å²) >= 11 is 0. The Kier molecular flexibility index (Phi) is 5.84. The molecule has 2 rings (SSSR count). The van der Waals surface area contributed by atoms with E-state index in [0.717, 1.165) is 11.2 Å². The number of hydrogen-bond donors (Lipinski definition) is 0. The van der Waals surface area contributed by atoms with Gasteiger partial charge in [-0.05, 0) is 51.9 Å². The van der Waals surface area contributed by atoms with Crippen molar-refractivity contribution in [3.63, 3.8) is 0 Å². The Hall–Kier alpha value is -0.688. The third-order valence-electron chi connectivity index (χ3n) is 6.61. The van der Waals surface area contributed by atoms with Crippen LogP contribution in [0.5, 0.6) is 0 Å². The standard InChI is InChI=1S/C21H38BNO3Si/c1-18(2,3)27(10,11)24-15-19(4,5)17-13-12-16(14-23-17)22-25-20(6,7)21(8,9)26-22/h12-14H,15H2,1-11H3. The molecule has 0 spiro atoms. The van der Waals surface area contributed by atoms with Crippen LogP contribution in [0.3, 0.4) is 0 Å². The van der Waals surface area contributed by atoms with Crippen molar-refractivity contribution in [3.8, 4) is 0 Å². The van der Waals surface area contributed by atoms with Gasteiger partial charge in [0.15, 0.2) is 8.32 Å². The summed E-state index contributed by atoms with van der Waals surface area (Å²) < 4.78 is 18.7. The molecule has 0 aliphatic carbocycles. The minimum atomic E-state index is -1.78. The van der Waals surface area contributed by atoms with E-state index in [4.69, 9.17) is 18.7 Å². The van der Waals surface area contributed by atoms with Gasteiger partial charge in [-0.25, -0.2) is 0 Å². The molecule has 2 heterocycles. The lowest BCUT2D eigenvalue weighted by molar-refractivity contribution is 0.00578. The lowest BCUT2D eigenvalue weighted by Gasteiger charge is -2.39. The predicted molar refractivity (Wildman–Crippen MR) is 116 cm³/mol. The molecule has 1 aromatic heterocycles. The summed E-state index contributed by atoms with van der Waals surface area (Å²) in [6.45, 7) is 24.7. The lowest BCUT2D eigenvalue weighted by atomic mass is 9.79. The van der Waals surface area contributed by atoms with Gasteiger partial charge in [0, 0.05) is 29.4 Å². The second kappa shape index (κ2) is 6.98. The van der Waals surface area contributed by atoms with Crippen molar-refractivity contribution >= 4 is 20.9 Å². The zero-order valence-electron chi connectivity index (χ0n) is 19.2. The predicted octanol–water partition coefficient (Wildman–Crippen LogP) is 4.68. The third-order valence-corrected chi connectivity index (χ3v) is 11.1. The number of rotatable bonds is 5. The second-order valence-electron chi connectivity index (χ2n) is 11.0. The van der Waals surface area contributed by atoms with E-state index in [9.17, 15) is 0 Å². The van der Waals surface area contributed by atoms with Crippen molar-refractivity contribution in [1.82, 2.24) is 4.98 Å². The Labute approximate surface area is 167 Å². The molecule has 6 heteroatoms. The van der Waals surface area contributed by atoms with Crippen LogP contribution >= 0.6 is 0 Å². The van der Waals surface area contributed by atoms with E-state index in [2.05, 4.69) is 87.5 Å². The van der Waals surface area contributed by atoms with Crippen LogP contribution < -0.4 is 5.46 Å². The van der Waals surface area contributed by atoms with Gasteiger partial charge >= 0.3 is 7.12 Å². The number of pyridine rings is 1. The summed E-state index contributed by atoms with van der Waals surface area (Å²) in [4.78, 5) is 4.73. The molecular weight excluding hydrogens is 353 g/mol. The molecule has 1 saturated heterocycles. The normalized spacial score (nSPS) is 20.2. The van der Waals surface area contributed by atoms with Crippen molar-refractivity contribution in [1.29, 1.82) is 0 Å². The van der Waals surface area contributed by atoms with Crippen LogP contribution in [0.1, 0.15) is 68.0 Å². The first-order valence-corrected chi connectivity index (χ1v) is 12.9. The third kappa shape index (κ3) is 4.66. The SMILES string of the molecule is CC(C)(CO[Si](C)(C)C(C)(C)C)c1ccc(B2OC(C)(C)C(C)(C)O2)cn1. The summed E-state index contributed by atoms with van der Waals surface area (Å²) in [7, 11) is -2.15. The van der Waals surface area contributed by atoms with E-state index in [1.807, 2.05) is 6.20 Å². The van der Waals surface area contributed by atoms with Crippen molar-refractivity contribution in [3.05, 3.63) is 24.0 Å². The van der Waals surface area contributed by atoms with Crippen LogP contribution in [0.4, 0.5) is 0 Å². The van der Waals surface area contributed by atoms with Crippen LogP contribution in [0, 0.1) is 0 Å². The monoisotopic (exact) mass is 391 g/mol. The zero-order chi connectivity index (χ0) is 20.9. The van der Waals surface area contributed by atoms with Gasteiger partial charge in [0.1, 0.15) is 0 Å². The molecule has 1 aliphatic heterocycles. The van der Waals surface area contributed by atoms with Gasteiger partial charge in [-0.15, -0.1) is 0 Å². The van der Waals surface area contributed by atoms with Crippen LogP contribution in [-0.2, 0) is 19.1 Å². The van der Waals surface area contributed by atoms with E-state index >= 15 is 0 Å². The molecule has 0 atom stereocenters. The first-order valence-electron chi connectivity index (χ1n) is 9.95. The fourth-order valence-electron chi connectivity index (χ4n) is 2.58. The molecule has 1 fully saturated rings. The second-order valence-corrected chi connectivity index (χ2v) is 15.8. The number of hydrogen-bond acceptors (Lipinski definition) is 4. The van der Waals surface area contributed by atoms with E-state index < -0.39 is 8.32 Å². The molecular formula is C21H38BNO3Si. The fourth-order valence-corrected chi connectivity index (χ4v) is 3.73. The minimum absolute atomic E-state index is 0.149. The Morgan fingerprint density at radius 1 is 1.00 bits per heavy atom. The maximum Gasteiger partial charge on any atom is 0.496 e. The molecule has 0 unspecified atom stereocenters.